The van der Waals surface area contributed by atoms with Gasteiger partial charge in [0.05, 0.1) is 16.5 Å². The van der Waals surface area contributed by atoms with Crippen molar-refractivity contribution in [3.63, 3.8) is 0 Å². The summed E-state index contributed by atoms with van der Waals surface area (Å²) in [6.45, 7) is 0.963. The number of hydrogen-bond donors (Lipinski definition) is 1. The van der Waals surface area contributed by atoms with Gasteiger partial charge in [-0.2, -0.15) is 0 Å². The van der Waals surface area contributed by atoms with Crippen molar-refractivity contribution in [3.05, 3.63) is 79.8 Å². The summed E-state index contributed by atoms with van der Waals surface area (Å²) in [6.07, 6.45) is 0.601. The van der Waals surface area contributed by atoms with Gasteiger partial charge in [-0.25, -0.2) is 0 Å². The van der Waals surface area contributed by atoms with Gasteiger partial charge in [-0.1, -0.05) is 40.2 Å². The van der Waals surface area contributed by atoms with Crippen molar-refractivity contribution in [1.82, 2.24) is 9.80 Å². The quantitative estimate of drug-likeness (QED) is 0.210. The van der Waals surface area contributed by atoms with Gasteiger partial charge in [0.1, 0.15) is 5.76 Å². The lowest BCUT2D eigenvalue weighted by atomic mass is 9.95. The van der Waals surface area contributed by atoms with Gasteiger partial charge in [-0.15, -0.1) is 0 Å². The van der Waals surface area contributed by atoms with Gasteiger partial charge in [-0.05, 0) is 44.8 Å². The molecule has 1 atom stereocenters. The third-order valence-electron chi connectivity index (χ3n) is 5.06. The maximum atomic E-state index is 12.9. The number of carbonyl (C=O) groups excluding carboxylic acids is 2. The molecule has 3 rings (SSSR count). The highest BCUT2D eigenvalue weighted by molar-refractivity contribution is 9.10. The molecule has 162 valence electrons. The molecule has 0 aliphatic carbocycles. The molecule has 9 heteroatoms. The molecule has 0 radical (unpaired) electrons. The number of rotatable bonds is 7. The number of nitro benzene ring substituents is 1. The Morgan fingerprint density at radius 3 is 2.48 bits per heavy atom. The highest BCUT2D eigenvalue weighted by Gasteiger charge is 2.46. The molecule has 1 N–H and O–H groups in total. The summed E-state index contributed by atoms with van der Waals surface area (Å²) >= 11 is 3.32. The van der Waals surface area contributed by atoms with Gasteiger partial charge < -0.3 is 14.9 Å². The molecule has 0 bridgehead atoms. The van der Waals surface area contributed by atoms with Crippen LogP contribution >= 0.6 is 15.9 Å². The lowest BCUT2D eigenvalue weighted by Gasteiger charge is -2.25. The zero-order valence-corrected chi connectivity index (χ0v) is 18.7. The van der Waals surface area contributed by atoms with Crippen LogP contribution in [0, 0.1) is 10.1 Å². The number of hydrogen-bond acceptors (Lipinski definition) is 6. The number of carbonyl (C=O) groups is 2. The molecular formula is C22H22BrN3O5. The Labute approximate surface area is 188 Å². The van der Waals surface area contributed by atoms with Crippen LogP contribution in [0.4, 0.5) is 5.69 Å². The average molecular weight is 488 g/mol. The number of nitro groups is 1. The summed E-state index contributed by atoms with van der Waals surface area (Å²) in [5, 5.41) is 22.2. The Bertz CT molecular complexity index is 1050. The first-order valence-electron chi connectivity index (χ1n) is 9.64. The van der Waals surface area contributed by atoms with Crippen LogP contribution in [0.15, 0.2) is 58.6 Å². The standard InChI is InChI=1S/C22H22BrN3O5/c1-24(2)11-4-12-25-19(15-5-3-6-17(13-15)26(30)31)18(21(28)22(25)29)20(27)14-7-9-16(23)10-8-14/h3,5-10,13,19,27H,4,11-12H2,1-2H3. The Kier molecular flexibility index (Phi) is 6.87. The van der Waals surface area contributed by atoms with Gasteiger partial charge in [-0.3, -0.25) is 19.7 Å². The van der Waals surface area contributed by atoms with Gasteiger partial charge in [0.15, 0.2) is 0 Å². The van der Waals surface area contributed by atoms with Crippen molar-refractivity contribution in [3.8, 4) is 0 Å². The van der Waals surface area contributed by atoms with E-state index in [0.717, 1.165) is 4.47 Å². The second kappa shape index (κ2) is 9.40. The fourth-order valence-corrected chi connectivity index (χ4v) is 3.85. The predicted octanol–water partition coefficient (Wildman–Crippen LogP) is 3.73. The molecule has 8 nitrogen and oxygen atoms in total. The van der Waals surface area contributed by atoms with Crippen molar-refractivity contribution < 1.29 is 19.6 Å². The number of amides is 1. The Morgan fingerprint density at radius 2 is 1.87 bits per heavy atom. The fourth-order valence-electron chi connectivity index (χ4n) is 3.59. The number of aliphatic hydroxyl groups excluding tert-OH is 1. The zero-order valence-electron chi connectivity index (χ0n) is 17.1. The Hall–Kier alpha value is -3.04. The molecule has 1 saturated heterocycles. The topological polar surface area (TPSA) is 104 Å². The Balaban J connectivity index is 2.13. The minimum atomic E-state index is -0.911. The minimum Gasteiger partial charge on any atom is -0.507 e. The lowest BCUT2D eigenvalue weighted by Crippen LogP contribution is -2.32. The molecule has 1 fully saturated rings. The van der Waals surface area contributed by atoms with E-state index in [9.17, 15) is 24.8 Å². The number of aliphatic hydroxyl groups is 1. The van der Waals surface area contributed by atoms with Crippen LogP contribution in [-0.4, -0.2) is 58.7 Å². The summed E-state index contributed by atoms with van der Waals surface area (Å²) in [4.78, 5) is 39.9. The van der Waals surface area contributed by atoms with Crippen molar-refractivity contribution in [2.75, 3.05) is 27.2 Å². The van der Waals surface area contributed by atoms with Gasteiger partial charge in [0.25, 0.3) is 17.4 Å². The van der Waals surface area contributed by atoms with Gasteiger partial charge in [0, 0.05) is 28.7 Å². The monoisotopic (exact) mass is 487 g/mol. The SMILES string of the molecule is CN(C)CCCN1C(=O)C(=O)C(=C(O)c2ccc(Br)cc2)C1c1cccc([N+](=O)[O-])c1. The van der Waals surface area contributed by atoms with Crippen LogP contribution in [0.3, 0.4) is 0 Å². The van der Waals surface area contributed by atoms with Crippen LogP contribution in [0.2, 0.25) is 0 Å². The smallest absolute Gasteiger partial charge is 0.295 e. The third kappa shape index (κ3) is 4.83. The molecule has 0 aromatic heterocycles. The molecule has 0 spiro atoms. The summed E-state index contributed by atoms with van der Waals surface area (Å²) < 4.78 is 0.795. The molecule has 2 aromatic rings. The molecule has 1 heterocycles. The largest absolute Gasteiger partial charge is 0.507 e. The van der Waals surface area contributed by atoms with Crippen LogP contribution in [0.25, 0.3) is 5.76 Å². The molecule has 1 aliphatic rings. The molecule has 31 heavy (non-hydrogen) atoms. The average Bonchev–Trinajstić information content (AvgIpc) is 2.98. The second-order valence-corrected chi connectivity index (χ2v) is 8.42. The molecule has 2 aromatic carbocycles. The van der Waals surface area contributed by atoms with E-state index in [1.807, 2.05) is 19.0 Å². The fraction of sp³-hybridized carbons (Fsp3) is 0.273. The number of Topliss-reactive ketones (excluding diaryl/α,β-unsaturated/α-hetero) is 1. The van der Waals surface area contributed by atoms with E-state index >= 15 is 0 Å². The first kappa shape index (κ1) is 22.6. The minimum absolute atomic E-state index is 0.0716. The summed E-state index contributed by atoms with van der Waals surface area (Å²) in [5.41, 5.74) is 0.555. The lowest BCUT2D eigenvalue weighted by molar-refractivity contribution is -0.384. The molecule has 1 aliphatic heterocycles. The number of nitrogens with zero attached hydrogens (tertiary/aromatic N) is 3. The van der Waals surface area contributed by atoms with Crippen molar-refractivity contribution >= 4 is 39.1 Å². The number of likely N-dealkylation sites (tertiary alicyclic amines) is 1. The maximum absolute atomic E-state index is 12.9. The highest BCUT2D eigenvalue weighted by Crippen LogP contribution is 2.40. The first-order chi connectivity index (χ1) is 14.7. The third-order valence-corrected chi connectivity index (χ3v) is 5.59. The van der Waals surface area contributed by atoms with Crippen molar-refractivity contribution in [2.24, 2.45) is 0 Å². The molecular weight excluding hydrogens is 466 g/mol. The van der Waals surface area contributed by atoms with Crippen LogP contribution < -0.4 is 0 Å². The van der Waals surface area contributed by atoms with Crippen molar-refractivity contribution in [1.29, 1.82) is 0 Å². The van der Waals surface area contributed by atoms with E-state index in [2.05, 4.69) is 15.9 Å². The van der Waals surface area contributed by atoms with Gasteiger partial charge in [0.2, 0.25) is 0 Å². The maximum Gasteiger partial charge on any atom is 0.295 e. The Morgan fingerprint density at radius 1 is 1.19 bits per heavy atom. The zero-order chi connectivity index (χ0) is 22.7. The van der Waals surface area contributed by atoms with Crippen LogP contribution in [-0.2, 0) is 9.59 Å². The second-order valence-electron chi connectivity index (χ2n) is 7.51. The van der Waals surface area contributed by atoms with E-state index in [0.29, 0.717) is 24.1 Å². The number of halogens is 1. The van der Waals surface area contributed by atoms with E-state index in [-0.39, 0.29) is 23.6 Å². The van der Waals surface area contributed by atoms with E-state index < -0.39 is 22.7 Å². The van der Waals surface area contributed by atoms with Crippen LogP contribution in [0.1, 0.15) is 23.6 Å². The number of benzene rings is 2. The van der Waals surface area contributed by atoms with Crippen LogP contribution in [0.5, 0.6) is 0 Å². The summed E-state index contributed by atoms with van der Waals surface area (Å²) in [7, 11) is 3.80. The van der Waals surface area contributed by atoms with Crippen molar-refractivity contribution in [2.45, 2.75) is 12.5 Å². The normalized spacial score (nSPS) is 18.1. The van der Waals surface area contributed by atoms with E-state index in [1.54, 1.807) is 30.3 Å². The predicted molar refractivity (Wildman–Crippen MR) is 119 cm³/mol. The number of ketones is 1. The highest BCUT2D eigenvalue weighted by atomic mass is 79.9. The molecule has 1 amide bonds. The van der Waals surface area contributed by atoms with Gasteiger partial charge >= 0.3 is 0 Å². The number of non-ortho nitro benzene ring substituents is 1. The van der Waals surface area contributed by atoms with E-state index in [1.165, 1.54) is 23.1 Å². The van der Waals surface area contributed by atoms with E-state index in [4.69, 9.17) is 0 Å². The summed E-state index contributed by atoms with van der Waals surface area (Å²) in [6, 6.07) is 11.6. The summed E-state index contributed by atoms with van der Waals surface area (Å²) in [5.74, 6) is -1.84. The molecule has 0 saturated carbocycles. The molecule has 1 unspecified atom stereocenters. The first-order valence-corrected chi connectivity index (χ1v) is 10.4.